The SMILES string of the molecule is O=Cc1c(O)cnc(CF)c1OC(F)(F)F. The van der Waals surface area contributed by atoms with Crippen LogP contribution < -0.4 is 4.74 Å². The molecule has 0 saturated heterocycles. The monoisotopic (exact) mass is 239 g/mol. The highest BCUT2D eigenvalue weighted by atomic mass is 19.4. The maximum absolute atomic E-state index is 12.3. The molecule has 0 fully saturated rings. The first-order valence-electron chi connectivity index (χ1n) is 3.86. The van der Waals surface area contributed by atoms with Gasteiger partial charge in [0.2, 0.25) is 0 Å². The molecule has 0 atom stereocenters. The van der Waals surface area contributed by atoms with E-state index in [0.29, 0.717) is 6.20 Å². The fourth-order valence-electron chi connectivity index (χ4n) is 0.978. The smallest absolute Gasteiger partial charge is 0.505 e. The van der Waals surface area contributed by atoms with Crippen molar-refractivity contribution in [3.05, 3.63) is 17.5 Å². The van der Waals surface area contributed by atoms with Gasteiger partial charge < -0.3 is 9.84 Å². The maximum Gasteiger partial charge on any atom is 0.573 e. The topological polar surface area (TPSA) is 59.4 Å². The van der Waals surface area contributed by atoms with Gasteiger partial charge in [0.05, 0.1) is 6.20 Å². The normalized spacial score (nSPS) is 11.2. The standard InChI is InChI=1S/C8H5F4NO3/c9-1-5-7(16-8(10,11)12)4(3-14)6(15)2-13-5/h2-3,15H,1H2. The Bertz CT molecular complexity index is 405. The number of rotatable bonds is 3. The minimum atomic E-state index is -5.10. The van der Waals surface area contributed by atoms with Crippen molar-refractivity contribution in [3.63, 3.8) is 0 Å². The number of hydrogen-bond donors (Lipinski definition) is 1. The number of hydrogen-bond acceptors (Lipinski definition) is 4. The molecule has 0 amide bonds. The van der Waals surface area contributed by atoms with E-state index in [2.05, 4.69) is 9.72 Å². The summed E-state index contributed by atoms with van der Waals surface area (Å²) in [6.45, 7) is -1.35. The molecule has 0 unspecified atom stereocenters. The molecule has 1 aromatic heterocycles. The molecular weight excluding hydrogens is 234 g/mol. The van der Waals surface area contributed by atoms with Gasteiger partial charge in [0, 0.05) is 0 Å². The molecule has 1 N–H and O–H groups in total. The number of carbonyl (C=O) groups excluding carboxylic acids is 1. The molecule has 0 radical (unpaired) electrons. The van der Waals surface area contributed by atoms with Crippen LogP contribution in [-0.4, -0.2) is 22.7 Å². The van der Waals surface area contributed by atoms with Gasteiger partial charge in [-0.25, -0.2) is 4.39 Å². The zero-order valence-electron chi connectivity index (χ0n) is 7.58. The Labute approximate surface area is 86.5 Å². The summed E-state index contributed by atoms with van der Waals surface area (Å²) in [5.41, 5.74) is -1.50. The Morgan fingerprint density at radius 1 is 1.50 bits per heavy atom. The van der Waals surface area contributed by atoms with E-state index in [-0.39, 0.29) is 6.29 Å². The lowest BCUT2D eigenvalue weighted by Gasteiger charge is -2.13. The van der Waals surface area contributed by atoms with Gasteiger partial charge >= 0.3 is 6.36 Å². The second-order valence-electron chi connectivity index (χ2n) is 2.63. The minimum Gasteiger partial charge on any atom is -0.505 e. The van der Waals surface area contributed by atoms with Crippen LogP contribution in [0.1, 0.15) is 16.1 Å². The predicted octanol–water partition coefficient (Wildman–Crippen LogP) is 1.97. The molecule has 4 nitrogen and oxygen atoms in total. The van der Waals surface area contributed by atoms with Crippen molar-refractivity contribution >= 4 is 6.29 Å². The summed E-state index contributed by atoms with van der Waals surface area (Å²) in [6, 6.07) is 0. The molecule has 8 heteroatoms. The summed E-state index contributed by atoms with van der Waals surface area (Å²) >= 11 is 0. The van der Waals surface area contributed by atoms with Gasteiger partial charge in [-0.2, -0.15) is 0 Å². The number of aromatic hydroxyl groups is 1. The molecule has 88 valence electrons. The molecule has 0 spiro atoms. The van der Waals surface area contributed by atoms with Gasteiger partial charge in [0.25, 0.3) is 0 Å². The van der Waals surface area contributed by atoms with Crippen LogP contribution in [0, 0.1) is 0 Å². The van der Waals surface area contributed by atoms with Crippen LogP contribution in [0.4, 0.5) is 17.6 Å². The Hall–Kier alpha value is -1.86. The van der Waals surface area contributed by atoms with E-state index in [1.165, 1.54) is 0 Å². The molecule has 0 aliphatic rings. The van der Waals surface area contributed by atoms with E-state index >= 15 is 0 Å². The van der Waals surface area contributed by atoms with Crippen molar-refractivity contribution in [3.8, 4) is 11.5 Å². The number of pyridine rings is 1. The zero-order valence-corrected chi connectivity index (χ0v) is 7.58. The van der Waals surface area contributed by atoms with Gasteiger partial charge in [-0.15, -0.1) is 13.2 Å². The first-order valence-corrected chi connectivity index (χ1v) is 3.86. The van der Waals surface area contributed by atoms with Crippen molar-refractivity contribution in [2.45, 2.75) is 13.0 Å². The average molecular weight is 239 g/mol. The Balaban J connectivity index is 3.31. The molecule has 0 aliphatic heterocycles. The van der Waals surface area contributed by atoms with Crippen molar-refractivity contribution in [1.29, 1.82) is 0 Å². The third-order valence-corrected chi connectivity index (χ3v) is 1.59. The van der Waals surface area contributed by atoms with Gasteiger partial charge in [-0.05, 0) is 0 Å². The molecule has 0 aromatic carbocycles. The average Bonchev–Trinajstić information content (AvgIpc) is 2.16. The van der Waals surface area contributed by atoms with E-state index in [4.69, 9.17) is 5.11 Å². The molecule has 0 aliphatic carbocycles. The molecule has 0 bridgehead atoms. The quantitative estimate of drug-likeness (QED) is 0.647. The lowest BCUT2D eigenvalue weighted by molar-refractivity contribution is -0.275. The Kier molecular flexibility index (Phi) is 3.31. The molecular formula is C8H5F4NO3. The van der Waals surface area contributed by atoms with Crippen molar-refractivity contribution in [2.75, 3.05) is 0 Å². The lowest BCUT2D eigenvalue weighted by atomic mass is 10.2. The second kappa shape index (κ2) is 4.33. The number of alkyl halides is 4. The van der Waals surface area contributed by atoms with Crippen molar-refractivity contribution < 1.29 is 32.2 Å². The van der Waals surface area contributed by atoms with Crippen LogP contribution in [0.3, 0.4) is 0 Å². The third-order valence-electron chi connectivity index (χ3n) is 1.59. The predicted molar refractivity (Wildman–Crippen MR) is 42.8 cm³/mol. The largest absolute Gasteiger partial charge is 0.573 e. The fraction of sp³-hybridized carbons (Fsp3) is 0.250. The van der Waals surface area contributed by atoms with Crippen LogP contribution >= 0.6 is 0 Å². The number of aromatic nitrogens is 1. The van der Waals surface area contributed by atoms with Gasteiger partial charge in [0.15, 0.2) is 12.0 Å². The van der Waals surface area contributed by atoms with E-state index in [9.17, 15) is 22.4 Å². The zero-order chi connectivity index (χ0) is 12.3. The summed E-state index contributed by atoms with van der Waals surface area (Å²) in [5.74, 6) is -1.93. The second-order valence-corrected chi connectivity index (χ2v) is 2.63. The van der Waals surface area contributed by atoms with E-state index in [1.807, 2.05) is 0 Å². The number of ether oxygens (including phenoxy) is 1. The van der Waals surface area contributed by atoms with E-state index in [1.54, 1.807) is 0 Å². The number of halogens is 4. The number of carbonyl (C=O) groups is 1. The van der Waals surface area contributed by atoms with Crippen LogP contribution in [0.5, 0.6) is 11.5 Å². The molecule has 1 aromatic rings. The highest BCUT2D eigenvalue weighted by Gasteiger charge is 2.34. The molecule has 16 heavy (non-hydrogen) atoms. The summed E-state index contributed by atoms with van der Waals surface area (Å²) in [5, 5.41) is 9.04. The van der Waals surface area contributed by atoms with E-state index < -0.39 is 35.8 Å². The first-order chi connectivity index (χ1) is 7.39. The minimum absolute atomic E-state index is 0.0722. The van der Waals surface area contributed by atoms with Crippen LogP contribution in [-0.2, 0) is 6.67 Å². The van der Waals surface area contributed by atoms with Crippen LogP contribution in [0.25, 0.3) is 0 Å². The number of aldehydes is 1. The molecule has 1 heterocycles. The van der Waals surface area contributed by atoms with Crippen LogP contribution in [0.2, 0.25) is 0 Å². The summed E-state index contributed by atoms with van der Waals surface area (Å²) in [6.07, 6.45) is -4.50. The summed E-state index contributed by atoms with van der Waals surface area (Å²) < 4.78 is 51.5. The highest BCUT2D eigenvalue weighted by molar-refractivity contribution is 5.83. The van der Waals surface area contributed by atoms with Gasteiger partial charge in [-0.3, -0.25) is 9.78 Å². The van der Waals surface area contributed by atoms with Gasteiger partial charge in [-0.1, -0.05) is 0 Å². The van der Waals surface area contributed by atoms with Crippen LogP contribution in [0.15, 0.2) is 6.20 Å². The lowest BCUT2D eigenvalue weighted by Crippen LogP contribution is -2.19. The maximum atomic E-state index is 12.3. The Morgan fingerprint density at radius 3 is 2.56 bits per heavy atom. The number of nitrogens with zero attached hydrogens (tertiary/aromatic N) is 1. The fourth-order valence-corrected chi connectivity index (χ4v) is 0.978. The van der Waals surface area contributed by atoms with E-state index in [0.717, 1.165) is 0 Å². The van der Waals surface area contributed by atoms with Gasteiger partial charge in [0.1, 0.15) is 23.7 Å². The first kappa shape index (κ1) is 12.2. The molecule has 0 saturated carbocycles. The van der Waals surface area contributed by atoms with Crippen molar-refractivity contribution in [2.24, 2.45) is 0 Å². The summed E-state index contributed by atoms with van der Waals surface area (Å²) in [7, 11) is 0. The highest BCUT2D eigenvalue weighted by Crippen LogP contribution is 2.33. The Morgan fingerprint density at radius 2 is 2.12 bits per heavy atom. The third kappa shape index (κ3) is 2.59. The molecule has 1 rings (SSSR count). The van der Waals surface area contributed by atoms with Crippen molar-refractivity contribution in [1.82, 2.24) is 4.98 Å². The summed E-state index contributed by atoms with van der Waals surface area (Å²) in [4.78, 5) is 13.6.